The summed E-state index contributed by atoms with van der Waals surface area (Å²) >= 11 is 3.43. The van der Waals surface area contributed by atoms with Gasteiger partial charge in [0.25, 0.3) is 0 Å². The Bertz CT molecular complexity index is 607. The summed E-state index contributed by atoms with van der Waals surface area (Å²) in [5, 5.41) is 8.69. The Hall–Kier alpha value is -1.39. The number of aliphatic carboxylic acids is 1. The number of halogens is 2. The molecule has 0 aliphatic rings. The maximum Gasteiger partial charge on any atom is 0.328 e. The fourth-order valence-electron chi connectivity index (χ4n) is 1.72. The van der Waals surface area contributed by atoms with E-state index in [0.29, 0.717) is 0 Å². The van der Waals surface area contributed by atoms with Gasteiger partial charge in [-0.05, 0) is 34.9 Å². The lowest BCUT2D eigenvalue weighted by molar-refractivity contribution is -0.131. The minimum absolute atomic E-state index is 0. The van der Waals surface area contributed by atoms with Gasteiger partial charge >= 0.3 is 5.97 Å². The first-order valence-corrected chi connectivity index (χ1v) is 6.22. The molecule has 0 aliphatic carbocycles. The first-order chi connectivity index (χ1) is 8.66. The molecule has 98 valence electrons. The second kappa shape index (κ2) is 7.26. The molecular formula is C15H12Br2O2. The Morgan fingerprint density at radius 1 is 1.11 bits per heavy atom. The van der Waals surface area contributed by atoms with Crippen LogP contribution >= 0.6 is 32.9 Å². The van der Waals surface area contributed by atoms with E-state index in [1.165, 1.54) is 0 Å². The fourth-order valence-corrected chi connectivity index (χ4v) is 2.12. The zero-order valence-corrected chi connectivity index (χ0v) is 13.2. The van der Waals surface area contributed by atoms with Crippen LogP contribution in [0.2, 0.25) is 0 Å². The van der Waals surface area contributed by atoms with Gasteiger partial charge in [-0.1, -0.05) is 52.3 Å². The number of carboxylic acids is 1. The van der Waals surface area contributed by atoms with Gasteiger partial charge in [0.05, 0.1) is 0 Å². The van der Waals surface area contributed by atoms with E-state index < -0.39 is 5.97 Å². The zero-order chi connectivity index (χ0) is 13.0. The van der Waals surface area contributed by atoms with Crippen molar-refractivity contribution in [2.45, 2.75) is 0 Å². The molecule has 0 heterocycles. The summed E-state index contributed by atoms with van der Waals surface area (Å²) in [7, 11) is 0. The SMILES string of the molecule is Br.O=C(O)/C=C/c1ccccc1-c1cccc(Br)c1. The van der Waals surface area contributed by atoms with Crippen molar-refractivity contribution in [3.05, 3.63) is 64.6 Å². The highest BCUT2D eigenvalue weighted by Gasteiger charge is 2.02. The highest BCUT2D eigenvalue weighted by atomic mass is 79.9. The number of carboxylic acid groups (broad SMARTS) is 1. The maximum absolute atomic E-state index is 10.6. The molecule has 2 aromatic carbocycles. The predicted octanol–water partition coefficient (Wildman–Crippen LogP) is 4.79. The molecule has 0 amide bonds. The quantitative estimate of drug-likeness (QED) is 0.773. The lowest BCUT2D eigenvalue weighted by Gasteiger charge is -2.06. The molecule has 0 spiro atoms. The molecule has 2 nitrogen and oxygen atoms in total. The molecule has 0 unspecified atom stereocenters. The van der Waals surface area contributed by atoms with E-state index in [2.05, 4.69) is 15.9 Å². The second-order valence-corrected chi connectivity index (χ2v) is 4.68. The van der Waals surface area contributed by atoms with Gasteiger partial charge in [0.2, 0.25) is 0 Å². The van der Waals surface area contributed by atoms with Crippen molar-refractivity contribution in [3.63, 3.8) is 0 Å². The van der Waals surface area contributed by atoms with Crippen LogP contribution in [0.4, 0.5) is 0 Å². The Morgan fingerprint density at radius 2 is 1.84 bits per heavy atom. The van der Waals surface area contributed by atoms with Gasteiger partial charge in [0, 0.05) is 10.5 Å². The minimum atomic E-state index is -0.945. The van der Waals surface area contributed by atoms with E-state index in [-0.39, 0.29) is 17.0 Å². The van der Waals surface area contributed by atoms with E-state index >= 15 is 0 Å². The lowest BCUT2D eigenvalue weighted by atomic mass is 9.99. The molecule has 19 heavy (non-hydrogen) atoms. The molecular weight excluding hydrogens is 372 g/mol. The van der Waals surface area contributed by atoms with Crippen molar-refractivity contribution in [1.82, 2.24) is 0 Å². The second-order valence-electron chi connectivity index (χ2n) is 3.77. The van der Waals surface area contributed by atoms with Crippen LogP contribution in [-0.2, 0) is 4.79 Å². The van der Waals surface area contributed by atoms with Crippen LogP contribution in [0.1, 0.15) is 5.56 Å². The van der Waals surface area contributed by atoms with Crippen LogP contribution in [-0.4, -0.2) is 11.1 Å². The van der Waals surface area contributed by atoms with Crippen LogP contribution < -0.4 is 0 Å². The molecule has 0 bridgehead atoms. The van der Waals surface area contributed by atoms with Crippen molar-refractivity contribution in [2.75, 3.05) is 0 Å². The number of benzene rings is 2. The molecule has 0 fully saturated rings. The molecule has 0 saturated carbocycles. The maximum atomic E-state index is 10.6. The Morgan fingerprint density at radius 3 is 2.53 bits per heavy atom. The third-order valence-corrected chi connectivity index (χ3v) is 3.00. The highest BCUT2D eigenvalue weighted by Crippen LogP contribution is 2.26. The molecule has 0 radical (unpaired) electrons. The third kappa shape index (κ3) is 4.33. The summed E-state index contributed by atoms with van der Waals surface area (Å²) in [6, 6.07) is 15.6. The van der Waals surface area contributed by atoms with Crippen LogP contribution in [0.25, 0.3) is 17.2 Å². The minimum Gasteiger partial charge on any atom is -0.478 e. The van der Waals surface area contributed by atoms with Crippen LogP contribution in [0.15, 0.2) is 59.1 Å². The largest absolute Gasteiger partial charge is 0.478 e. The predicted molar refractivity (Wildman–Crippen MR) is 86.6 cm³/mol. The molecule has 0 aromatic heterocycles. The molecule has 0 atom stereocenters. The summed E-state index contributed by atoms with van der Waals surface area (Å²) in [5.41, 5.74) is 2.95. The summed E-state index contributed by atoms with van der Waals surface area (Å²) in [6.45, 7) is 0. The van der Waals surface area contributed by atoms with E-state index in [4.69, 9.17) is 5.11 Å². The highest BCUT2D eigenvalue weighted by molar-refractivity contribution is 9.10. The van der Waals surface area contributed by atoms with Gasteiger partial charge in [-0.2, -0.15) is 0 Å². The average Bonchev–Trinajstić information content (AvgIpc) is 2.36. The summed E-state index contributed by atoms with van der Waals surface area (Å²) in [6.07, 6.45) is 2.76. The lowest BCUT2D eigenvalue weighted by Crippen LogP contribution is -1.87. The van der Waals surface area contributed by atoms with E-state index in [1.807, 2.05) is 48.5 Å². The Labute approximate surface area is 130 Å². The van der Waals surface area contributed by atoms with Crippen LogP contribution in [0.5, 0.6) is 0 Å². The van der Waals surface area contributed by atoms with Crippen molar-refractivity contribution in [2.24, 2.45) is 0 Å². The Kier molecular flexibility index (Phi) is 5.99. The molecule has 4 heteroatoms. The summed E-state index contributed by atoms with van der Waals surface area (Å²) < 4.78 is 0.997. The van der Waals surface area contributed by atoms with Gasteiger partial charge in [0.1, 0.15) is 0 Å². The normalized spacial score (nSPS) is 10.2. The molecule has 0 saturated heterocycles. The van der Waals surface area contributed by atoms with E-state index in [1.54, 1.807) is 6.08 Å². The molecule has 1 N–H and O–H groups in total. The van der Waals surface area contributed by atoms with Gasteiger partial charge in [-0.15, -0.1) is 17.0 Å². The zero-order valence-electron chi connectivity index (χ0n) is 9.92. The van der Waals surface area contributed by atoms with Gasteiger partial charge in [-0.25, -0.2) is 4.79 Å². The van der Waals surface area contributed by atoms with Crippen molar-refractivity contribution >= 4 is 45.0 Å². The average molecular weight is 384 g/mol. The number of hydrogen-bond donors (Lipinski definition) is 1. The standard InChI is InChI=1S/C15H11BrO2.BrH/c16-13-6-3-5-12(10-13)14-7-2-1-4-11(14)8-9-15(17)18;/h1-10H,(H,17,18);1H/b9-8+;. The summed E-state index contributed by atoms with van der Waals surface area (Å²) in [4.78, 5) is 10.6. The van der Waals surface area contributed by atoms with Crippen molar-refractivity contribution in [3.8, 4) is 11.1 Å². The van der Waals surface area contributed by atoms with E-state index in [9.17, 15) is 4.79 Å². The number of carbonyl (C=O) groups is 1. The topological polar surface area (TPSA) is 37.3 Å². The van der Waals surface area contributed by atoms with Gasteiger partial charge in [-0.3, -0.25) is 0 Å². The summed E-state index contributed by atoms with van der Waals surface area (Å²) in [5.74, 6) is -0.945. The van der Waals surface area contributed by atoms with Gasteiger partial charge in [0.15, 0.2) is 0 Å². The third-order valence-electron chi connectivity index (χ3n) is 2.50. The first kappa shape index (κ1) is 15.7. The van der Waals surface area contributed by atoms with Crippen LogP contribution in [0, 0.1) is 0 Å². The fraction of sp³-hybridized carbons (Fsp3) is 0. The molecule has 2 rings (SSSR count). The van der Waals surface area contributed by atoms with Gasteiger partial charge < -0.3 is 5.11 Å². The number of hydrogen-bond acceptors (Lipinski definition) is 1. The smallest absolute Gasteiger partial charge is 0.328 e. The van der Waals surface area contributed by atoms with E-state index in [0.717, 1.165) is 27.2 Å². The van der Waals surface area contributed by atoms with Crippen molar-refractivity contribution in [1.29, 1.82) is 0 Å². The van der Waals surface area contributed by atoms with Crippen molar-refractivity contribution < 1.29 is 9.90 Å². The Balaban J connectivity index is 0.00000180. The number of rotatable bonds is 3. The molecule has 0 aliphatic heterocycles. The van der Waals surface area contributed by atoms with Crippen LogP contribution in [0.3, 0.4) is 0 Å². The monoisotopic (exact) mass is 382 g/mol. The molecule has 2 aromatic rings. The first-order valence-electron chi connectivity index (χ1n) is 5.43.